The number of guanidine groups is 1. The molecule has 0 saturated carbocycles. The number of nitrogens with zero attached hydrogens (tertiary/aromatic N) is 2. The Bertz CT molecular complexity index is 386. The molecule has 5 nitrogen and oxygen atoms in total. The summed E-state index contributed by atoms with van der Waals surface area (Å²) < 4.78 is 0. The van der Waals surface area contributed by atoms with Crippen molar-refractivity contribution in [1.29, 1.82) is 0 Å². The van der Waals surface area contributed by atoms with E-state index in [2.05, 4.69) is 26.0 Å². The van der Waals surface area contributed by atoms with Crippen molar-refractivity contribution in [1.82, 2.24) is 10.3 Å². The van der Waals surface area contributed by atoms with Crippen LogP contribution in [-0.4, -0.2) is 36.3 Å². The first-order valence-electron chi connectivity index (χ1n) is 5.66. The van der Waals surface area contributed by atoms with Crippen LogP contribution in [0, 0.1) is 0 Å². The molecule has 19 heavy (non-hydrogen) atoms. The molecule has 0 amide bonds. The molecule has 1 aliphatic rings. The third-order valence-corrected chi connectivity index (χ3v) is 4.02. The van der Waals surface area contributed by atoms with E-state index in [-0.39, 0.29) is 34.0 Å². The highest BCUT2D eigenvalue weighted by Gasteiger charge is 2.07. The number of thiazole rings is 1. The van der Waals surface area contributed by atoms with Crippen molar-refractivity contribution >= 4 is 68.2 Å². The van der Waals surface area contributed by atoms with E-state index < -0.39 is 0 Å². The van der Waals surface area contributed by atoms with Crippen LogP contribution in [0.1, 0.15) is 12.1 Å². The second-order valence-electron chi connectivity index (χ2n) is 3.62. The van der Waals surface area contributed by atoms with Crippen molar-refractivity contribution in [2.75, 3.05) is 30.7 Å². The number of hydrogen-bond acceptors (Lipinski definition) is 7. The van der Waals surface area contributed by atoms with Gasteiger partial charge in [-0.15, -0.1) is 45.3 Å². The number of aliphatic imine (C=N–C) groups is 1. The summed E-state index contributed by atoms with van der Waals surface area (Å²) in [7, 11) is 0. The summed E-state index contributed by atoms with van der Waals surface area (Å²) in [4.78, 5) is 8.85. The van der Waals surface area contributed by atoms with E-state index in [1.807, 2.05) is 11.8 Å². The summed E-state index contributed by atoms with van der Waals surface area (Å²) in [6.07, 6.45) is 1.10. The number of nitrogens with one attached hydrogen (secondary N) is 2. The van der Waals surface area contributed by atoms with Crippen molar-refractivity contribution in [2.24, 2.45) is 10.7 Å². The minimum absolute atomic E-state index is 0. The van der Waals surface area contributed by atoms with E-state index in [0.29, 0.717) is 0 Å². The maximum atomic E-state index is 5.45. The average molecular weight is 433 g/mol. The van der Waals surface area contributed by atoms with Crippen molar-refractivity contribution in [3.8, 4) is 0 Å². The van der Waals surface area contributed by atoms with Gasteiger partial charge >= 0.3 is 0 Å². The fraction of sp³-hybridized carbons (Fsp3) is 0.600. The lowest BCUT2D eigenvalue weighted by molar-refractivity contribution is 0.740. The zero-order chi connectivity index (χ0) is 11.9. The van der Waals surface area contributed by atoms with E-state index in [9.17, 15) is 0 Å². The molecule has 1 aromatic heterocycles. The van der Waals surface area contributed by atoms with Gasteiger partial charge in [0.25, 0.3) is 0 Å². The third-order valence-electron chi connectivity index (χ3n) is 2.19. The lowest BCUT2D eigenvalue weighted by Gasteiger charge is -2.14. The van der Waals surface area contributed by atoms with E-state index in [4.69, 9.17) is 5.73 Å². The topological polar surface area (TPSA) is 75.3 Å². The molecular weight excluding hydrogens is 414 g/mol. The SMILES string of the molecule is Br.Br.NCCSCc1csc(NC2=NCCCN2)n1. The van der Waals surface area contributed by atoms with Gasteiger partial charge in [0.15, 0.2) is 11.1 Å². The Morgan fingerprint density at radius 2 is 2.32 bits per heavy atom. The maximum Gasteiger partial charge on any atom is 0.197 e. The maximum absolute atomic E-state index is 5.45. The minimum Gasteiger partial charge on any atom is -0.356 e. The monoisotopic (exact) mass is 431 g/mol. The molecule has 0 radical (unpaired) electrons. The Labute approximate surface area is 142 Å². The first kappa shape index (κ1) is 19.2. The zero-order valence-corrected chi connectivity index (χ0v) is 15.5. The Kier molecular flexibility index (Phi) is 11.0. The number of rotatable bonds is 5. The number of nitrogens with two attached hydrogens (primary N) is 1. The molecule has 0 unspecified atom stereocenters. The zero-order valence-electron chi connectivity index (χ0n) is 10.4. The Morgan fingerprint density at radius 1 is 1.47 bits per heavy atom. The van der Waals surface area contributed by atoms with Crippen LogP contribution in [0.4, 0.5) is 5.13 Å². The Morgan fingerprint density at radius 3 is 3.00 bits per heavy atom. The lowest BCUT2D eigenvalue weighted by Crippen LogP contribution is -2.35. The summed E-state index contributed by atoms with van der Waals surface area (Å²) in [5, 5.41) is 9.40. The van der Waals surface area contributed by atoms with Crippen LogP contribution in [0.3, 0.4) is 0 Å². The van der Waals surface area contributed by atoms with E-state index >= 15 is 0 Å². The molecular formula is C10H19Br2N5S2. The van der Waals surface area contributed by atoms with Crippen molar-refractivity contribution in [2.45, 2.75) is 12.2 Å². The Balaban J connectivity index is 0.00000162. The van der Waals surface area contributed by atoms with Gasteiger partial charge < -0.3 is 16.4 Å². The van der Waals surface area contributed by atoms with Crippen LogP contribution in [0.15, 0.2) is 10.4 Å². The standard InChI is InChI=1S/C10H17N5S2.2BrH/c11-2-5-16-6-8-7-17-10(14-8)15-9-12-3-1-4-13-9;;/h7H,1-6,11H2,(H2,12,13,14,15);2*1H. The smallest absolute Gasteiger partial charge is 0.197 e. The molecule has 0 bridgehead atoms. The Hall–Kier alpha value is 0.170. The van der Waals surface area contributed by atoms with Crippen molar-refractivity contribution in [3.63, 3.8) is 0 Å². The van der Waals surface area contributed by atoms with Crippen LogP contribution in [0.2, 0.25) is 0 Å². The van der Waals surface area contributed by atoms with Crippen LogP contribution in [0.5, 0.6) is 0 Å². The highest BCUT2D eigenvalue weighted by Crippen LogP contribution is 2.19. The highest BCUT2D eigenvalue weighted by atomic mass is 79.9. The predicted octanol–water partition coefficient (Wildman–Crippen LogP) is 2.25. The summed E-state index contributed by atoms with van der Waals surface area (Å²) in [5.41, 5.74) is 6.55. The number of aromatic nitrogens is 1. The first-order valence-corrected chi connectivity index (χ1v) is 7.69. The normalized spacial score (nSPS) is 13.6. The molecule has 0 saturated heterocycles. The van der Waals surface area contributed by atoms with Crippen LogP contribution in [0.25, 0.3) is 0 Å². The van der Waals surface area contributed by atoms with Crippen molar-refractivity contribution in [3.05, 3.63) is 11.1 Å². The number of anilines is 1. The molecule has 2 rings (SSSR count). The fourth-order valence-electron chi connectivity index (χ4n) is 1.41. The quantitative estimate of drug-likeness (QED) is 0.622. The van der Waals surface area contributed by atoms with Gasteiger partial charge in [0.1, 0.15) is 0 Å². The van der Waals surface area contributed by atoms with E-state index in [1.54, 1.807) is 11.3 Å². The second kappa shape index (κ2) is 10.9. The predicted molar refractivity (Wildman–Crippen MR) is 96.5 cm³/mol. The van der Waals surface area contributed by atoms with Crippen LogP contribution in [-0.2, 0) is 5.75 Å². The number of halogens is 2. The van der Waals surface area contributed by atoms with Gasteiger partial charge in [-0.2, -0.15) is 11.8 Å². The van der Waals surface area contributed by atoms with Gasteiger partial charge in [-0.1, -0.05) is 0 Å². The average Bonchev–Trinajstić information content (AvgIpc) is 2.79. The second-order valence-corrected chi connectivity index (χ2v) is 5.58. The highest BCUT2D eigenvalue weighted by molar-refractivity contribution is 8.93. The largest absolute Gasteiger partial charge is 0.356 e. The fourth-order valence-corrected chi connectivity index (χ4v) is 2.89. The molecule has 4 N–H and O–H groups in total. The first-order chi connectivity index (χ1) is 8.38. The van der Waals surface area contributed by atoms with Crippen LogP contribution >= 0.6 is 57.1 Å². The third kappa shape index (κ3) is 6.94. The van der Waals surface area contributed by atoms with Gasteiger partial charge in [-0.3, -0.25) is 4.99 Å². The summed E-state index contributed by atoms with van der Waals surface area (Å²) >= 11 is 3.42. The van der Waals surface area contributed by atoms with E-state index in [0.717, 1.165) is 54.3 Å². The summed E-state index contributed by atoms with van der Waals surface area (Å²) in [6, 6.07) is 0. The molecule has 2 heterocycles. The van der Waals surface area contributed by atoms with Gasteiger partial charge in [0.05, 0.1) is 5.69 Å². The molecule has 0 aromatic carbocycles. The molecule has 0 atom stereocenters. The molecule has 1 aromatic rings. The number of thioether (sulfide) groups is 1. The summed E-state index contributed by atoms with van der Waals surface area (Å²) in [5.74, 6) is 2.75. The summed E-state index contributed by atoms with van der Waals surface area (Å²) in [6.45, 7) is 2.59. The lowest BCUT2D eigenvalue weighted by atomic mass is 10.4. The minimum atomic E-state index is 0. The molecule has 0 aliphatic carbocycles. The van der Waals surface area contributed by atoms with E-state index in [1.165, 1.54) is 0 Å². The molecule has 9 heteroatoms. The van der Waals surface area contributed by atoms with Crippen LogP contribution < -0.4 is 16.4 Å². The van der Waals surface area contributed by atoms with Gasteiger partial charge in [-0.05, 0) is 6.42 Å². The molecule has 0 fully saturated rings. The van der Waals surface area contributed by atoms with Gasteiger partial charge in [0.2, 0.25) is 0 Å². The molecule has 1 aliphatic heterocycles. The van der Waals surface area contributed by atoms with Gasteiger partial charge in [-0.25, -0.2) is 4.98 Å². The van der Waals surface area contributed by atoms with Gasteiger partial charge in [0, 0.05) is 36.5 Å². The molecule has 110 valence electrons. The van der Waals surface area contributed by atoms with Crippen molar-refractivity contribution < 1.29 is 0 Å². The molecule has 0 spiro atoms. The number of hydrogen-bond donors (Lipinski definition) is 3.